The molecule has 1 amide bonds. The molecule has 94 valence electrons. The highest BCUT2D eigenvalue weighted by Gasteiger charge is 2.11. The van der Waals surface area contributed by atoms with Crippen LogP contribution in [-0.4, -0.2) is 24.5 Å². The number of carbonyl (C=O) groups is 1. The van der Waals surface area contributed by atoms with Gasteiger partial charge in [-0.15, -0.1) is 0 Å². The average Bonchev–Trinajstić information content (AvgIpc) is 2.30. The fourth-order valence-electron chi connectivity index (χ4n) is 1.56. The molecule has 1 N–H and O–H groups in total. The molecule has 1 rings (SSSR count). The molecule has 0 aromatic heterocycles. The van der Waals surface area contributed by atoms with Gasteiger partial charge in [0.05, 0.1) is 0 Å². The summed E-state index contributed by atoms with van der Waals surface area (Å²) in [5.74, 6) is 1.58. The van der Waals surface area contributed by atoms with Crippen molar-refractivity contribution in [3.05, 3.63) is 33.8 Å². The third-order valence-electron chi connectivity index (χ3n) is 2.57. The number of halogens is 1. The van der Waals surface area contributed by atoms with Crippen molar-refractivity contribution in [2.45, 2.75) is 13.8 Å². The zero-order chi connectivity index (χ0) is 12.8. The zero-order valence-corrected chi connectivity index (χ0v) is 12.8. The summed E-state index contributed by atoms with van der Waals surface area (Å²) in [7, 11) is 0. The maximum Gasteiger partial charge on any atom is 0.251 e. The number of amides is 1. The largest absolute Gasteiger partial charge is 0.352 e. The van der Waals surface area contributed by atoms with Crippen LogP contribution in [0.25, 0.3) is 0 Å². The molecule has 17 heavy (non-hydrogen) atoms. The van der Waals surface area contributed by atoms with Gasteiger partial charge in [0.25, 0.3) is 5.91 Å². The second kappa shape index (κ2) is 7.07. The van der Waals surface area contributed by atoms with E-state index in [9.17, 15) is 4.79 Å². The Hall–Kier alpha value is -0.480. The van der Waals surface area contributed by atoms with Gasteiger partial charge in [0.2, 0.25) is 0 Å². The zero-order valence-electron chi connectivity index (χ0n) is 10.4. The summed E-state index contributed by atoms with van der Waals surface area (Å²) in [5.41, 5.74) is 1.73. The van der Waals surface area contributed by atoms with E-state index >= 15 is 0 Å². The van der Waals surface area contributed by atoms with E-state index in [1.54, 1.807) is 11.8 Å². The van der Waals surface area contributed by atoms with Crippen molar-refractivity contribution in [3.63, 3.8) is 0 Å². The van der Waals surface area contributed by atoms with Gasteiger partial charge >= 0.3 is 0 Å². The van der Waals surface area contributed by atoms with Gasteiger partial charge in [-0.25, -0.2) is 0 Å². The van der Waals surface area contributed by atoms with Crippen molar-refractivity contribution in [2.24, 2.45) is 5.92 Å². The van der Waals surface area contributed by atoms with Gasteiger partial charge in [0.15, 0.2) is 0 Å². The first-order valence-electron chi connectivity index (χ1n) is 5.58. The second-order valence-corrected chi connectivity index (χ2v) is 5.95. The Bertz CT molecular complexity index is 395. The van der Waals surface area contributed by atoms with E-state index in [4.69, 9.17) is 0 Å². The highest BCUT2D eigenvalue weighted by atomic mass is 79.9. The number of carbonyl (C=O) groups excluding carboxylic acids is 1. The van der Waals surface area contributed by atoms with Crippen LogP contribution in [0.1, 0.15) is 22.8 Å². The van der Waals surface area contributed by atoms with E-state index in [2.05, 4.69) is 34.4 Å². The van der Waals surface area contributed by atoms with Crippen molar-refractivity contribution in [1.29, 1.82) is 0 Å². The average molecular weight is 316 g/mol. The second-order valence-electron chi connectivity index (χ2n) is 4.18. The first-order chi connectivity index (χ1) is 8.06. The van der Waals surface area contributed by atoms with Crippen LogP contribution in [0, 0.1) is 12.8 Å². The van der Waals surface area contributed by atoms with E-state index in [1.807, 2.05) is 25.1 Å². The van der Waals surface area contributed by atoms with Crippen LogP contribution < -0.4 is 5.32 Å². The van der Waals surface area contributed by atoms with Crippen molar-refractivity contribution >= 4 is 33.6 Å². The lowest BCUT2D eigenvalue weighted by atomic mass is 10.1. The molecule has 0 fully saturated rings. The first kappa shape index (κ1) is 14.6. The molecule has 1 unspecified atom stereocenters. The Labute approximate surface area is 116 Å². The molecule has 0 saturated carbocycles. The maximum atomic E-state index is 12.0. The minimum absolute atomic E-state index is 0.0109. The smallest absolute Gasteiger partial charge is 0.251 e. The van der Waals surface area contributed by atoms with E-state index in [-0.39, 0.29) is 5.91 Å². The SMILES string of the molecule is CSCC(C)CNC(=O)c1cccc(Br)c1C. The Kier molecular flexibility index (Phi) is 6.06. The van der Waals surface area contributed by atoms with E-state index in [0.717, 1.165) is 27.9 Å². The van der Waals surface area contributed by atoms with Gasteiger partial charge in [0.1, 0.15) is 0 Å². The fourth-order valence-corrected chi connectivity index (χ4v) is 2.61. The molecule has 0 saturated heterocycles. The summed E-state index contributed by atoms with van der Waals surface area (Å²) in [6.07, 6.45) is 2.08. The van der Waals surface area contributed by atoms with E-state index in [1.165, 1.54) is 0 Å². The Morgan fingerprint density at radius 3 is 2.88 bits per heavy atom. The van der Waals surface area contributed by atoms with E-state index < -0.39 is 0 Å². The number of hydrogen-bond donors (Lipinski definition) is 1. The summed E-state index contributed by atoms with van der Waals surface area (Å²) in [4.78, 5) is 12.0. The van der Waals surface area contributed by atoms with Crippen LogP contribution in [0.5, 0.6) is 0 Å². The predicted molar refractivity (Wildman–Crippen MR) is 78.8 cm³/mol. The molecule has 0 bridgehead atoms. The molecule has 2 nitrogen and oxygen atoms in total. The summed E-state index contributed by atoms with van der Waals surface area (Å²) >= 11 is 5.24. The third kappa shape index (κ3) is 4.36. The lowest BCUT2D eigenvalue weighted by Crippen LogP contribution is -2.29. The molecule has 1 atom stereocenters. The number of rotatable bonds is 5. The van der Waals surface area contributed by atoms with Crippen molar-refractivity contribution in [1.82, 2.24) is 5.32 Å². The van der Waals surface area contributed by atoms with E-state index in [0.29, 0.717) is 5.92 Å². The van der Waals surface area contributed by atoms with Crippen molar-refractivity contribution in [2.75, 3.05) is 18.6 Å². The van der Waals surface area contributed by atoms with Crippen LogP contribution in [0.3, 0.4) is 0 Å². The highest BCUT2D eigenvalue weighted by molar-refractivity contribution is 9.10. The van der Waals surface area contributed by atoms with Gasteiger partial charge in [-0.3, -0.25) is 4.79 Å². The van der Waals surface area contributed by atoms with Gasteiger partial charge in [-0.05, 0) is 42.5 Å². The Morgan fingerprint density at radius 1 is 1.53 bits per heavy atom. The predicted octanol–water partition coefficient (Wildman–Crippen LogP) is 3.49. The molecule has 4 heteroatoms. The molecule has 0 spiro atoms. The molecule has 0 aliphatic carbocycles. The minimum Gasteiger partial charge on any atom is -0.352 e. The molecule has 0 aliphatic rings. The Balaban J connectivity index is 2.61. The number of thioether (sulfide) groups is 1. The molecule has 1 aromatic carbocycles. The third-order valence-corrected chi connectivity index (χ3v) is 4.34. The number of nitrogens with one attached hydrogen (secondary N) is 1. The monoisotopic (exact) mass is 315 g/mol. The van der Waals surface area contributed by atoms with Crippen molar-refractivity contribution < 1.29 is 4.79 Å². The van der Waals surface area contributed by atoms with Crippen LogP contribution >= 0.6 is 27.7 Å². The van der Waals surface area contributed by atoms with Gasteiger partial charge in [0, 0.05) is 16.6 Å². The van der Waals surface area contributed by atoms with Crippen LogP contribution in [0.4, 0.5) is 0 Å². The topological polar surface area (TPSA) is 29.1 Å². The minimum atomic E-state index is 0.0109. The molecular weight excluding hydrogens is 298 g/mol. The highest BCUT2D eigenvalue weighted by Crippen LogP contribution is 2.19. The number of hydrogen-bond acceptors (Lipinski definition) is 2. The molecule has 0 radical (unpaired) electrons. The lowest BCUT2D eigenvalue weighted by Gasteiger charge is -2.12. The molecular formula is C13H18BrNOS. The van der Waals surface area contributed by atoms with Gasteiger partial charge < -0.3 is 5.32 Å². The quantitative estimate of drug-likeness (QED) is 0.901. The normalized spacial score (nSPS) is 12.2. The van der Waals surface area contributed by atoms with Gasteiger partial charge in [-0.2, -0.15) is 11.8 Å². The molecule has 0 heterocycles. The van der Waals surface area contributed by atoms with Crippen LogP contribution in [-0.2, 0) is 0 Å². The number of benzene rings is 1. The summed E-state index contributed by atoms with van der Waals surface area (Å²) in [5, 5.41) is 2.98. The van der Waals surface area contributed by atoms with Crippen LogP contribution in [0.15, 0.2) is 22.7 Å². The fraction of sp³-hybridized carbons (Fsp3) is 0.462. The molecule has 0 aliphatic heterocycles. The van der Waals surface area contributed by atoms with Gasteiger partial charge in [-0.1, -0.05) is 28.9 Å². The van der Waals surface area contributed by atoms with Crippen molar-refractivity contribution in [3.8, 4) is 0 Å². The first-order valence-corrected chi connectivity index (χ1v) is 7.77. The lowest BCUT2D eigenvalue weighted by molar-refractivity contribution is 0.0948. The Morgan fingerprint density at radius 2 is 2.24 bits per heavy atom. The van der Waals surface area contributed by atoms with Crippen LogP contribution in [0.2, 0.25) is 0 Å². The standard InChI is InChI=1S/C13H18BrNOS/c1-9(8-17-3)7-15-13(16)11-5-4-6-12(14)10(11)2/h4-6,9H,7-8H2,1-3H3,(H,15,16). The summed E-state index contributed by atoms with van der Waals surface area (Å²) < 4.78 is 0.974. The summed E-state index contributed by atoms with van der Waals surface area (Å²) in [6, 6.07) is 5.69. The maximum absolute atomic E-state index is 12.0. The summed E-state index contributed by atoms with van der Waals surface area (Å²) in [6.45, 7) is 4.82. The molecule has 1 aromatic rings.